The van der Waals surface area contributed by atoms with Crippen LogP contribution in [0.4, 0.5) is 19.7 Å². The summed E-state index contributed by atoms with van der Waals surface area (Å²) in [6.45, 7) is 0.0383. The number of carbonyl (C=O) groups excluding carboxylic acids is 2. The molecule has 12 nitrogen and oxygen atoms in total. The largest absolute Gasteiger partial charge is 0.453 e. The molecule has 0 saturated heterocycles. The number of aromatic nitrogens is 6. The first-order valence-corrected chi connectivity index (χ1v) is 13.9. The topological polar surface area (TPSA) is 135 Å². The van der Waals surface area contributed by atoms with E-state index in [0.717, 1.165) is 62.8 Å². The Morgan fingerprint density at radius 2 is 2.07 bits per heavy atom. The number of H-pyrrole nitrogens is 1. The highest BCUT2D eigenvalue weighted by Gasteiger charge is 2.39. The molecule has 1 aromatic carbocycles. The number of hydrogen-bond acceptors (Lipinski definition) is 6. The van der Waals surface area contributed by atoms with E-state index in [2.05, 4.69) is 25.8 Å². The normalized spacial score (nSPS) is 18.5. The molecule has 3 amide bonds. The molecule has 2 atom stereocenters. The molecule has 216 valence electrons. The zero-order chi connectivity index (χ0) is 29.0. The lowest BCUT2D eigenvalue weighted by atomic mass is 9.96. The van der Waals surface area contributed by atoms with Crippen molar-refractivity contribution in [3.63, 3.8) is 0 Å². The van der Waals surface area contributed by atoms with Crippen LogP contribution in [-0.4, -0.2) is 67.5 Å². The Labute approximate surface area is 239 Å². The number of rotatable bonds is 6. The van der Waals surface area contributed by atoms with Gasteiger partial charge in [0.25, 0.3) is 0 Å². The Hall–Kier alpha value is -4.94. The van der Waals surface area contributed by atoms with Crippen molar-refractivity contribution in [2.24, 2.45) is 7.05 Å². The number of alkyl halides is 1. The Morgan fingerprint density at radius 3 is 2.86 bits per heavy atom. The molecule has 2 aliphatic rings. The fourth-order valence-corrected chi connectivity index (χ4v) is 6.39. The number of anilines is 1. The van der Waals surface area contributed by atoms with E-state index in [4.69, 9.17) is 9.72 Å². The van der Waals surface area contributed by atoms with E-state index in [0.29, 0.717) is 18.6 Å². The van der Waals surface area contributed by atoms with Gasteiger partial charge in [0.2, 0.25) is 0 Å². The average Bonchev–Trinajstić information content (AvgIpc) is 3.79. The summed E-state index contributed by atoms with van der Waals surface area (Å²) >= 11 is 0. The molecule has 1 aliphatic heterocycles. The van der Waals surface area contributed by atoms with Crippen LogP contribution in [0, 0.1) is 0 Å². The third-order valence-corrected chi connectivity index (χ3v) is 8.26. The minimum atomic E-state index is -0.501. The van der Waals surface area contributed by atoms with Crippen LogP contribution in [0.5, 0.6) is 0 Å². The number of fused-ring (bicyclic) bond motifs is 4. The maximum atomic E-state index is 13.6. The lowest BCUT2D eigenvalue weighted by Gasteiger charge is -2.35. The van der Waals surface area contributed by atoms with Crippen LogP contribution in [0.1, 0.15) is 24.8 Å². The highest BCUT2D eigenvalue weighted by molar-refractivity contribution is 6.14. The van der Waals surface area contributed by atoms with Gasteiger partial charge in [0.05, 0.1) is 48.3 Å². The van der Waals surface area contributed by atoms with Gasteiger partial charge >= 0.3 is 12.1 Å². The molecule has 1 aliphatic carbocycles. The molecule has 0 bridgehead atoms. The molecular formula is C29H30FN9O3. The minimum absolute atomic E-state index is 0.0992. The molecule has 0 spiro atoms. The Morgan fingerprint density at radius 1 is 1.19 bits per heavy atom. The predicted octanol–water partition coefficient (Wildman–Crippen LogP) is 4.26. The molecular weight excluding hydrogens is 541 g/mol. The summed E-state index contributed by atoms with van der Waals surface area (Å²) in [4.78, 5) is 35.6. The number of alkyl carbamates (subject to hydrolysis) is 1. The number of aryl methyl sites for hydroxylation is 2. The molecule has 13 heteroatoms. The van der Waals surface area contributed by atoms with Crippen LogP contribution in [0.15, 0.2) is 43.0 Å². The standard InChI is InChI=1S/C29H30FN9O3/c1-37-15-19(14-33-37)25-23(16-3-6-22-17(9-16)13-34-38(22)8-7-30)24-26-18(11-31-27(24)36-25)12-32-28(40)39(26)21-5-4-20(10-21)35-29(41)42-2/h3,6,9,11,13-15,20-21H,4-5,7-8,10,12H2,1-2H3,(H,31,36)(H,32,40)(H,35,41)/t20-,21-/m1/s1. The quantitative estimate of drug-likeness (QED) is 0.279. The number of hydrogen-bond donors (Lipinski definition) is 3. The number of amides is 3. The maximum absolute atomic E-state index is 13.6. The molecule has 7 rings (SSSR count). The van der Waals surface area contributed by atoms with Crippen LogP contribution in [-0.2, 0) is 24.9 Å². The Bertz CT molecular complexity index is 1840. The monoisotopic (exact) mass is 571 g/mol. The van der Waals surface area contributed by atoms with Crippen molar-refractivity contribution in [1.29, 1.82) is 0 Å². The molecule has 4 aromatic heterocycles. The Balaban J connectivity index is 1.42. The summed E-state index contributed by atoms with van der Waals surface area (Å²) in [5, 5.41) is 16.4. The molecule has 5 aromatic rings. The summed E-state index contributed by atoms with van der Waals surface area (Å²) < 4.78 is 21.3. The molecule has 42 heavy (non-hydrogen) atoms. The molecule has 1 saturated carbocycles. The van der Waals surface area contributed by atoms with Crippen LogP contribution >= 0.6 is 0 Å². The van der Waals surface area contributed by atoms with Crippen LogP contribution in [0.2, 0.25) is 0 Å². The van der Waals surface area contributed by atoms with Crippen molar-refractivity contribution in [3.05, 3.63) is 48.5 Å². The van der Waals surface area contributed by atoms with Crippen molar-refractivity contribution in [1.82, 2.24) is 40.2 Å². The number of urea groups is 1. The summed E-state index contributed by atoms with van der Waals surface area (Å²) in [6, 6.07) is 5.57. The zero-order valence-corrected chi connectivity index (χ0v) is 23.2. The summed E-state index contributed by atoms with van der Waals surface area (Å²) in [7, 11) is 3.21. The fourth-order valence-electron chi connectivity index (χ4n) is 6.39. The number of nitrogens with one attached hydrogen (secondary N) is 3. The predicted molar refractivity (Wildman–Crippen MR) is 155 cm³/mol. The van der Waals surface area contributed by atoms with E-state index in [9.17, 15) is 14.0 Å². The van der Waals surface area contributed by atoms with E-state index in [1.807, 2.05) is 36.3 Å². The average molecular weight is 572 g/mol. The van der Waals surface area contributed by atoms with Gasteiger partial charge in [-0.25, -0.2) is 19.0 Å². The van der Waals surface area contributed by atoms with Gasteiger partial charge in [-0.05, 0) is 37.0 Å². The number of pyridine rings is 1. The van der Waals surface area contributed by atoms with Crippen molar-refractivity contribution >= 4 is 39.7 Å². The van der Waals surface area contributed by atoms with Gasteiger partial charge in [0, 0.05) is 60.1 Å². The number of methoxy groups -OCH3 is 1. The van der Waals surface area contributed by atoms with E-state index in [1.54, 1.807) is 28.0 Å². The second-order valence-corrected chi connectivity index (χ2v) is 10.8. The summed E-state index contributed by atoms with van der Waals surface area (Å²) in [6.07, 6.45) is 8.85. The van der Waals surface area contributed by atoms with Crippen LogP contribution in [0.25, 0.3) is 44.3 Å². The third kappa shape index (κ3) is 4.23. The number of nitrogens with zero attached hydrogens (tertiary/aromatic N) is 6. The van der Waals surface area contributed by atoms with Crippen LogP contribution in [0.3, 0.4) is 0 Å². The van der Waals surface area contributed by atoms with Crippen molar-refractivity contribution in [2.45, 2.75) is 44.4 Å². The second-order valence-electron chi connectivity index (χ2n) is 10.8. The van der Waals surface area contributed by atoms with E-state index >= 15 is 0 Å². The third-order valence-electron chi connectivity index (χ3n) is 8.26. The number of benzene rings is 1. The number of ether oxygens (including phenoxy) is 1. The number of carbonyl (C=O) groups is 2. The van der Waals surface area contributed by atoms with E-state index in [1.165, 1.54) is 7.11 Å². The molecule has 0 unspecified atom stereocenters. The van der Waals surface area contributed by atoms with Gasteiger partial charge in [-0.15, -0.1) is 0 Å². The molecule has 1 fully saturated rings. The van der Waals surface area contributed by atoms with Gasteiger partial charge in [-0.3, -0.25) is 14.3 Å². The maximum Gasteiger partial charge on any atom is 0.407 e. The highest BCUT2D eigenvalue weighted by atomic mass is 19.1. The first-order valence-electron chi connectivity index (χ1n) is 13.9. The lowest BCUT2D eigenvalue weighted by Crippen LogP contribution is -2.49. The number of halogens is 1. The van der Waals surface area contributed by atoms with Gasteiger partial charge in [0.1, 0.15) is 12.3 Å². The van der Waals surface area contributed by atoms with Crippen LogP contribution < -0.4 is 15.5 Å². The fraction of sp³-hybridized carbons (Fsp3) is 0.345. The lowest BCUT2D eigenvalue weighted by molar-refractivity contribution is 0.166. The molecule has 0 radical (unpaired) electrons. The molecule has 3 N–H and O–H groups in total. The second kappa shape index (κ2) is 10.2. The highest BCUT2D eigenvalue weighted by Crippen LogP contribution is 2.46. The van der Waals surface area contributed by atoms with Gasteiger partial charge in [-0.2, -0.15) is 10.2 Å². The van der Waals surface area contributed by atoms with E-state index < -0.39 is 12.8 Å². The summed E-state index contributed by atoms with van der Waals surface area (Å²) in [5.41, 5.74) is 6.71. The first kappa shape index (κ1) is 26.0. The van der Waals surface area contributed by atoms with Gasteiger partial charge in [0.15, 0.2) is 0 Å². The summed E-state index contributed by atoms with van der Waals surface area (Å²) in [5.74, 6) is 0. The zero-order valence-electron chi connectivity index (χ0n) is 23.2. The molecule has 5 heterocycles. The van der Waals surface area contributed by atoms with Gasteiger partial charge < -0.3 is 20.4 Å². The first-order chi connectivity index (χ1) is 20.4. The minimum Gasteiger partial charge on any atom is -0.453 e. The SMILES string of the molecule is COC(=O)N[C@@H]1CC[C@@H](N2C(=O)NCc3cnc4[nH]c(-c5cnn(C)c5)c(-c5ccc6c(cnn6CCF)c5)c4c32)C1. The van der Waals surface area contributed by atoms with Crippen molar-refractivity contribution < 1.29 is 18.7 Å². The van der Waals surface area contributed by atoms with E-state index in [-0.39, 0.29) is 24.7 Å². The van der Waals surface area contributed by atoms with Gasteiger partial charge in [-0.1, -0.05) is 6.07 Å². The van der Waals surface area contributed by atoms with Crippen molar-refractivity contribution in [3.8, 4) is 22.4 Å². The number of aromatic amines is 1. The smallest absolute Gasteiger partial charge is 0.407 e. The Kier molecular flexibility index (Phi) is 6.29. The van der Waals surface area contributed by atoms with Crippen molar-refractivity contribution in [2.75, 3.05) is 18.7 Å².